The van der Waals surface area contributed by atoms with Crippen LogP contribution in [-0.4, -0.2) is 65.1 Å². The number of carbonyl (C=O) groups excluding carboxylic acids is 1. The number of ether oxygens (including phenoxy) is 3. The van der Waals surface area contributed by atoms with Crippen LogP contribution < -0.4 is 10.1 Å². The summed E-state index contributed by atoms with van der Waals surface area (Å²) >= 11 is 0. The highest BCUT2D eigenvalue weighted by Crippen LogP contribution is 2.39. The minimum atomic E-state index is -1.44. The van der Waals surface area contributed by atoms with Gasteiger partial charge in [-0.2, -0.15) is 0 Å². The molecule has 0 bridgehead atoms. The summed E-state index contributed by atoms with van der Waals surface area (Å²) in [6.45, 7) is 5.10. The Morgan fingerprint density at radius 3 is 2.58 bits per heavy atom. The van der Waals surface area contributed by atoms with Crippen LogP contribution in [0.1, 0.15) is 26.3 Å². The van der Waals surface area contributed by atoms with Crippen molar-refractivity contribution in [2.45, 2.75) is 57.4 Å². The van der Waals surface area contributed by atoms with Crippen molar-refractivity contribution >= 4 is 5.91 Å². The lowest BCUT2D eigenvalue weighted by atomic mass is 9.89. The monoisotopic (exact) mass is 463 g/mol. The predicted molar refractivity (Wildman–Crippen MR) is 118 cm³/mol. The molecular formula is C24H30FNO7. The van der Waals surface area contributed by atoms with Gasteiger partial charge in [0, 0.05) is 20.6 Å². The maximum absolute atomic E-state index is 13.8. The van der Waals surface area contributed by atoms with E-state index in [4.69, 9.17) is 14.2 Å². The fourth-order valence-corrected chi connectivity index (χ4v) is 4.04. The van der Waals surface area contributed by atoms with Crippen molar-refractivity contribution in [3.8, 4) is 22.6 Å². The van der Waals surface area contributed by atoms with E-state index in [9.17, 15) is 24.5 Å². The largest absolute Gasteiger partial charge is 0.504 e. The number of hydrogen-bond donors (Lipinski definition) is 4. The third-order valence-electron chi connectivity index (χ3n) is 5.63. The van der Waals surface area contributed by atoms with Crippen molar-refractivity contribution in [1.29, 1.82) is 0 Å². The molecule has 8 nitrogen and oxygen atoms in total. The maximum Gasteiger partial charge on any atom is 0.229 e. The van der Waals surface area contributed by atoms with E-state index in [0.29, 0.717) is 29.7 Å². The summed E-state index contributed by atoms with van der Waals surface area (Å²) in [5.41, 5.74) is 0.795. The number of rotatable bonds is 7. The van der Waals surface area contributed by atoms with Gasteiger partial charge in [0.2, 0.25) is 12.2 Å². The SMILES string of the molecule is COC1[C@@H](O)[C@@H](O)[C@H](Oc2cc(CCNC(C)=O)c(-c3cccc(F)c3)cc2O)OC1(C)C. The Morgan fingerprint density at radius 2 is 1.94 bits per heavy atom. The van der Waals surface area contributed by atoms with Crippen molar-refractivity contribution < 1.29 is 38.7 Å². The second-order valence-electron chi connectivity index (χ2n) is 8.57. The highest BCUT2D eigenvalue weighted by Gasteiger charge is 2.50. The maximum atomic E-state index is 13.8. The van der Waals surface area contributed by atoms with Crippen molar-refractivity contribution in [3.63, 3.8) is 0 Å². The molecule has 0 aliphatic carbocycles. The van der Waals surface area contributed by atoms with E-state index in [0.717, 1.165) is 0 Å². The molecule has 0 aromatic heterocycles. The summed E-state index contributed by atoms with van der Waals surface area (Å²) in [5, 5.41) is 34.3. The van der Waals surface area contributed by atoms with Gasteiger partial charge in [0.1, 0.15) is 24.1 Å². The second-order valence-corrected chi connectivity index (χ2v) is 8.57. The summed E-state index contributed by atoms with van der Waals surface area (Å²) in [6, 6.07) is 8.91. The molecule has 2 aromatic rings. The molecule has 4 atom stereocenters. The quantitative estimate of drug-likeness (QED) is 0.497. The van der Waals surface area contributed by atoms with Gasteiger partial charge in [-0.1, -0.05) is 12.1 Å². The smallest absolute Gasteiger partial charge is 0.229 e. The van der Waals surface area contributed by atoms with Gasteiger partial charge in [-0.25, -0.2) is 4.39 Å². The van der Waals surface area contributed by atoms with E-state index in [1.807, 2.05) is 0 Å². The van der Waals surface area contributed by atoms with Crippen LogP contribution in [0.5, 0.6) is 11.5 Å². The zero-order chi connectivity index (χ0) is 24.3. The normalized spacial score (nSPS) is 24.3. The number of nitrogens with one attached hydrogen (secondary N) is 1. The molecule has 0 saturated carbocycles. The third-order valence-corrected chi connectivity index (χ3v) is 5.63. The summed E-state index contributed by atoms with van der Waals surface area (Å²) in [4.78, 5) is 11.3. The summed E-state index contributed by atoms with van der Waals surface area (Å²) in [7, 11) is 1.41. The molecule has 0 spiro atoms. The first-order chi connectivity index (χ1) is 15.5. The zero-order valence-electron chi connectivity index (χ0n) is 19.0. The number of benzene rings is 2. The summed E-state index contributed by atoms with van der Waals surface area (Å²) in [6.07, 6.45) is -4.42. The number of hydrogen-bond acceptors (Lipinski definition) is 7. The molecule has 1 unspecified atom stereocenters. The summed E-state index contributed by atoms with van der Waals surface area (Å²) < 4.78 is 30.7. The van der Waals surface area contributed by atoms with Crippen molar-refractivity contribution in [2.24, 2.45) is 0 Å². The molecule has 1 saturated heterocycles. The molecule has 1 amide bonds. The first-order valence-corrected chi connectivity index (χ1v) is 10.6. The summed E-state index contributed by atoms with van der Waals surface area (Å²) in [5.74, 6) is -0.867. The predicted octanol–water partition coefficient (Wildman–Crippen LogP) is 2.13. The fraction of sp³-hybridized carbons (Fsp3) is 0.458. The number of phenolic OH excluding ortho intramolecular Hbond substituents is 1. The second kappa shape index (κ2) is 10.0. The topological polar surface area (TPSA) is 117 Å². The van der Waals surface area contributed by atoms with Crippen LogP contribution in [0.4, 0.5) is 4.39 Å². The first kappa shape index (κ1) is 24.9. The average Bonchev–Trinajstić information content (AvgIpc) is 2.73. The molecule has 1 fully saturated rings. The molecule has 180 valence electrons. The Hall–Kier alpha value is -2.72. The van der Waals surface area contributed by atoms with Crippen molar-refractivity contribution in [2.75, 3.05) is 13.7 Å². The van der Waals surface area contributed by atoms with Crippen LogP contribution in [0, 0.1) is 5.82 Å². The number of aromatic hydroxyl groups is 1. The first-order valence-electron chi connectivity index (χ1n) is 10.6. The molecule has 9 heteroatoms. The van der Waals surface area contributed by atoms with Gasteiger partial charge in [0.15, 0.2) is 11.5 Å². The van der Waals surface area contributed by atoms with E-state index in [2.05, 4.69) is 5.32 Å². The Kier molecular flexibility index (Phi) is 7.58. The lowest BCUT2D eigenvalue weighted by Crippen LogP contribution is -2.63. The Balaban J connectivity index is 1.94. The van der Waals surface area contributed by atoms with Crippen LogP contribution in [0.15, 0.2) is 36.4 Å². The molecular weight excluding hydrogens is 433 g/mol. The van der Waals surface area contributed by atoms with Gasteiger partial charge in [-0.05, 0) is 61.2 Å². The van der Waals surface area contributed by atoms with Crippen LogP contribution in [-0.2, 0) is 20.7 Å². The standard InChI is InChI=1S/C24H30FNO7/c1-13(27)26-9-8-15-11-19(18(28)12-17(15)14-6-5-7-16(25)10-14)32-23-21(30)20(29)22(31-4)24(2,3)33-23/h5-7,10-12,20-23,28-30H,8-9H2,1-4H3,(H,26,27)/t20-,21+,22?,23+/m0/s1. The Labute approximate surface area is 191 Å². The van der Waals surface area contributed by atoms with Gasteiger partial charge in [0.25, 0.3) is 0 Å². The van der Waals surface area contributed by atoms with Crippen LogP contribution in [0.25, 0.3) is 11.1 Å². The highest BCUT2D eigenvalue weighted by atomic mass is 19.1. The van der Waals surface area contributed by atoms with Gasteiger partial charge in [-0.3, -0.25) is 4.79 Å². The van der Waals surface area contributed by atoms with Crippen molar-refractivity contribution in [3.05, 3.63) is 47.8 Å². The lowest BCUT2D eigenvalue weighted by molar-refractivity contribution is -0.306. The number of amides is 1. The molecule has 3 rings (SSSR count). The molecule has 1 heterocycles. The number of phenols is 1. The van der Waals surface area contributed by atoms with Crippen LogP contribution in [0.2, 0.25) is 0 Å². The minimum Gasteiger partial charge on any atom is -0.504 e. The van der Waals surface area contributed by atoms with E-state index in [1.165, 1.54) is 32.2 Å². The van der Waals surface area contributed by atoms with Gasteiger partial charge in [-0.15, -0.1) is 0 Å². The van der Waals surface area contributed by atoms with E-state index < -0.39 is 36.0 Å². The van der Waals surface area contributed by atoms with E-state index >= 15 is 0 Å². The highest BCUT2D eigenvalue weighted by molar-refractivity contribution is 5.73. The molecule has 1 aliphatic rings. The van der Waals surface area contributed by atoms with Crippen LogP contribution >= 0.6 is 0 Å². The zero-order valence-corrected chi connectivity index (χ0v) is 19.0. The van der Waals surface area contributed by atoms with Crippen LogP contribution in [0.3, 0.4) is 0 Å². The molecule has 4 N–H and O–H groups in total. The number of halogens is 1. The molecule has 0 radical (unpaired) electrons. The molecule has 1 aliphatic heterocycles. The Morgan fingerprint density at radius 1 is 1.21 bits per heavy atom. The number of carbonyl (C=O) groups is 1. The van der Waals surface area contributed by atoms with Gasteiger partial charge < -0.3 is 34.8 Å². The van der Waals surface area contributed by atoms with Crippen molar-refractivity contribution in [1.82, 2.24) is 5.32 Å². The lowest BCUT2D eigenvalue weighted by Gasteiger charge is -2.46. The molecule has 2 aromatic carbocycles. The number of methoxy groups -OCH3 is 1. The van der Waals surface area contributed by atoms with Gasteiger partial charge >= 0.3 is 0 Å². The van der Waals surface area contributed by atoms with E-state index in [1.54, 1.807) is 32.0 Å². The number of aliphatic hydroxyl groups is 2. The third kappa shape index (κ3) is 5.62. The fourth-order valence-electron chi connectivity index (χ4n) is 4.04. The molecule has 33 heavy (non-hydrogen) atoms. The Bertz CT molecular complexity index is 997. The van der Waals surface area contributed by atoms with E-state index in [-0.39, 0.29) is 17.4 Å². The number of aliphatic hydroxyl groups excluding tert-OH is 2. The average molecular weight is 464 g/mol. The van der Waals surface area contributed by atoms with Gasteiger partial charge in [0.05, 0.1) is 5.60 Å². The minimum absolute atomic E-state index is 0.0101.